The van der Waals surface area contributed by atoms with E-state index < -0.39 is 0 Å². The van der Waals surface area contributed by atoms with E-state index in [1.165, 1.54) is 11.1 Å². The second kappa shape index (κ2) is 12.7. The largest absolute Gasteiger partial charge is 0.256 e. The van der Waals surface area contributed by atoms with Gasteiger partial charge in [0.15, 0.2) is 5.82 Å². The van der Waals surface area contributed by atoms with E-state index >= 15 is 0 Å². The van der Waals surface area contributed by atoms with Crippen molar-refractivity contribution in [3.63, 3.8) is 0 Å². The van der Waals surface area contributed by atoms with Gasteiger partial charge in [-0.2, -0.15) is 0 Å². The first kappa shape index (κ1) is 29.4. The van der Waals surface area contributed by atoms with Crippen molar-refractivity contribution in [3.8, 4) is 67.3 Å². The van der Waals surface area contributed by atoms with Crippen molar-refractivity contribution >= 4 is 21.7 Å². The highest BCUT2D eigenvalue weighted by atomic mass is 14.9. The summed E-state index contributed by atoms with van der Waals surface area (Å²) in [5, 5.41) is 3.30. The second-order valence-electron chi connectivity index (χ2n) is 12.5. The standard InChI is InChI=1S/C47H31N3/c1-4-12-32(13-5-1)33-20-22-34(23-21-33)39-28-40(38-25-27-44(48-31-38)36-15-6-2-7-16-36)30-41(29-39)47-49-45(37-17-8-3-9-18-37)43-26-24-35-14-10-11-19-42(35)46(43)50-47/h1-31H. The molecule has 0 saturated carbocycles. The van der Waals surface area contributed by atoms with E-state index in [-0.39, 0.29) is 0 Å². The van der Waals surface area contributed by atoms with Gasteiger partial charge in [-0.3, -0.25) is 4.98 Å². The van der Waals surface area contributed by atoms with Crippen molar-refractivity contribution in [2.75, 3.05) is 0 Å². The van der Waals surface area contributed by atoms with Crippen LogP contribution in [0.1, 0.15) is 0 Å². The van der Waals surface area contributed by atoms with Gasteiger partial charge in [-0.15, -0.1) is 0 Å². The van der Waals surface area contributed by atoms with Crippen LogP contribution in [0.4, 0.5) is 0 Å². The van der Waals surface area contributed by atoms with E-state index in [0.29, 0.717) is 5.82 Å². The fraction of sp³-hybridized carbons (Fsp3) is 0. The van der Waals surface area contributed by atoms with Crippen molar-refractivity contribution in [1.29, 1.82) is 0 Å². The van der Waals surface area contributed by atoms with E-state index in [2.05, 4.69) is 152 Å². The van der Waals surface area contributed by atoms with Gasteiger partial charge in [0.1, 0.15) is 0 Å². The summed E-state index contributed by atoms with van der Waals surface area (Å²) in [6, 6.07) is 63.6. The first-order valence-electron chi connectivity index (χ1n) is 16.8. The molecule has 3 nitrogen and oxygen atoms in total. The number of nitrogens with zero attached hydrogens (tertiary/aromatic N) is 3. The lowest BCUT2D eigenvalue weighted by Gasteiger charge is -2.14. The lowest BCUT2D eigenvalue weighted by atomic mass is 9.94. The Bertz CT molecular complexity index is 2500. The molecule has 234 valence electrons. The van der Waals surface area contributed by atoms with Gasteiger partial charge in [0.05, 0.1) is 16.9 Å². The molecule has 0 aliphatic heterocycles. The molecule has 0 unspecified atom stereocenters. The molecule has 0 radical (unpaired) electrons. The third-order valence-electron chi connectivity index (χ3n) is 9.32. The van der Waals surface area contributed by atoms with Gasteiger partial charge in [0.2, 0.25) is 0 Å². The molecule has 0 saturated heterocycles. The van der Waals surface area contributed by atoms with Crippen LogP contribution in [0.25, 0.3) is 89.0 Å². The monoisotopic (exact) mass is 637 g/mol. The molecular formula is C47H31N3. The van der Waals surface area contributed by atoms with Gasteiger partial charge in [-0.25, -0.2) is 9.97 Å². The smallest absolute Gasteiger partial charge is 0.160 e. The number of aromatic nitrogens is 3. The summed E-state index contributed by atoms with van der Waals surface area (Å²) in [5.41, 5.74) is 12.6. The SMILES string of the molecule is c1ccc(-c2ccc(-c3cc(-c4ccc(-c5ccccc5)nc4)cc(-c4nc(-c5ccccc5)c5ccc6ccccc6c5n4)c3)cc2)cc1. The summed E-state index contributed by atoms with van der Waals surface area (Å²) < 4.78 is 0. The van der Waals surface area contributed by atoms with Crippen LogP contribution in [0.3, 0.4) is 0 Å². The molecule has 0 atom stereocenters. The normalized spacial score (nSPS) is 11.2. The molecule has 3 heteroatoms. The van der Waals surface area contributed by atoms with Gasteiger partial charge in [-0.05, 0) is 63.5 Å². The quantitative estimate of drug-likeness (QED) is 0.170. The Labute approximate surface area is 291 Å². The van der Waals surface area contributed by atoms with E-state index in [1.54, 1.807) is 0 Å². The maximum Gasteiger partial charge on any atom is 0.160 e. The summed E-state index contributed by atoms with van der Waals surface area (Å²) in [6.07, 6.45) is 1.97. The minimum absolute atomic E-state index is 0.686. The molecule has 9 aromatic rings. The van der Waals surface area contributed by atoms with Gasteiger partial charge >= 0.3 is 0 Å². The number of fused-ring (bicyclic) bond motifs is 3. The highest BCUT2D eigenvalue weighted by molar-refractivity contribution is 6.09. The Morgan fingerprint density at radius 1 is 0.320 bits per heavy atom. The summed E-state index contributed by atoms with van der Waals surface area (Å²) in [4.78, 5) is 15.5. The molecule has 2 aromatic heterocycles. The number of hydrogen-bond acceptors (Lipinski definition) is 3. The topological polar surface area (TPSA) is 38.7 Å². The van der Waals surface area contributed by atoms with Crippen LogP contribution in [0.2, 0.25) is 0 Å². The number of pyridine rings is 1. The van der Waals surface area contributed by atoms with Crippen LogP contribution < -0.4 is 0 Å². The molecule has 0 amide bonds. The molecule has 7 aromatic carbocycles. The molecule has 9 rings (SSSR count). The Kier molecular flexibility index (Phi) is 7.49. The Balaban J connectivity index is 1.24. The maximum atomic E-state index is 5.31. The highest BCUT2D eigenvalue weighted by Crippen LogP contribution is 2.37. The summed E-state index contributed by atoms with van der Waals surface area (Å²) in [6.45, 7) is 0. The summed E-state index contributed by atoms with van der Waals surface area (Å²) in [5.74, 6) is 0.686. The van der Waals surface area contributed by atoms with E-state index in [1.807, 2.05) is 36.5 Å². The minimum Gasteiger partial charge on any atom is -0.256 e. The van der Waals surface area contributed by atoms with E-state index in [9.17, 15) is 0 Å². The predicted octanol–water partition coefficient (Wildman–Crippen LogP) is 12.2. The third-order valence-corrected chi connectivity index (χ3v) is 9.32. The fourth-order valence-electron chi connectivity index (χ4n) is 6.73. The van der Waals surface area contributed by atoms with Crippen molar-refractivity contribution < 1.29 is 0 Å². The van der Waals surface area contributed by atoms with Gasteiger partial charge < -0.3 is 0 Å². The Morgan fingerprint density at radius 2 is 0.860 bits per heavy atom. The van der Waals surface area contributed by atoms with Crippen molar-refractivity contribution in [2.24, 2.45) is 0 Å². The molecule has 0 aliphatic carbocycles. The predicted molar refractivity (Wildman–Crippen MR) is 207 cm³/mol. The Hall–Kier alpha value is -6.71. The Morgan fingerprint density at radius 3 is 1.54 bits per heavy atom. The second-order valence-corrected chi connectivity index (χ2v) is 12.5. The van der Waals surface area contributed by atoms with Crippen molar-refractivity contribution in [2.45, 2.75) is 0 Å². The van der Waals surface area contributed by atoms with Crippen LogP contribution in [-0.2, 0) is 0 Å². The van der Waals surface area contributed by atoms with Crippen molar-refractivity contribution in [1.82, 2.24) is 15.0 Å². The van der Waals surface area contributed by atoms with Crippen LogP contribution in [0.5, 0.6) is 0 Å². The van der Waals surface area contributed by atoms with Crippen LogP contribution in [0.15, 0.2) is 188 Å². The van der Waals surface area contributed by atoms with Gasteiger partial charge in [0.25, 0.3) is 0 Å². The summed E-state index contributed by atoms with van der Waals surface area (Å²) in [7, 11) is 0. The van der Waals surface area contributed by atoms with E-state index in [4.69, 9.17) is 15.0 Å². The lowest BCUT2D eigenvalue weighted by molar-refractivity contribution is 1.23. The van der Waals surface area contributed by atoms with Crippen LogP contribution in [0, 0.1) is 0 Å². The van der Waals surface area contributed by atoms with Crippen LogP contribution in [-0.4, -0.2) is 15.0 Å². The summed E-state index contributed by atoms with van der Waals surface area (Å²) >= 11 is 0. The zero-order valence-corrected chi connectivity index (χ0v) is 27.2. The zero-order chi connectivity index (χ0) is 33.3. The molecular weight excluding hydrogens is 607 g/mol. The van der Waals surface area contributed by atoms with Crippen molar-refractivity contribution in [3.05, 3.63) is 188 Å². The fourth-order valence-corrected chi connectivity index (χ4v) is 6.73. The first-order valence-corrected chi connectivity index (χ1v) is 16.8. The maximum absolute atomic E-state index is 5.31. The third kappa shape index (κ3) is 5.61. The molecule has 0 fully saturated rings. The average Bonchev–Trinajstić information content (AvgIpc) is 3.21. The molecule has 0 aliphatic rings. The molecule has 0 bridgehead atoms. The number of rotatable bonds is 6. The van der Waals surface area contributed by atoms with Gasteiger partial charge in [0, 0.05) is 39.2 Å². The molecule has 2 heterocycles. The average molecular weight is 638 g/mol. The molecule has 50 heavy (non-hydrogen) atoms. The minimum atomic E-state index is 0.686. The highest BCUT2D eigenvalue weighted by Gasteiger charge is 2.16. The van der Waals surface area contributed by atoms with Crippen LogP contribution >= 0.6 is 0 Å². The van der Waals surface area contributed by atoms with Gasteiger partial charge in [-0.1, -0.05) is 152 Å². The number of hydrogen-bond donors (Lipinski definition) is 0. The zero-order valence-electron chi connectivity index (χ0n) is 27.2. The molecule has 0 spiro atoms. The van der Waals surface area contributed by atoms with E-state index in [0.717, 1.165) is 72.0 Å². The first-order chi connectivity index (χ1) is 24.8. The lowest BCUT2D eigenvalue weighted by Crippen LogP contribution is -1.97. The number of benzene rings is 7. The molecule has 0 N–H and O–H groups in total.